The summed E-state index contributed by atoms with van der Waals surface area (Å²) in [5.74, 6) is -1.51. The van der Waals surface area contributed by atoms with E-state index in [-0.39, 0.29) is 31.5 Å². The molecule has 0 saturated carbocycles. The molecular weight excluding hydrogens is 302 g/mol. The third kappa shape index (κ3) is 11.2. The molecule has 0 radical (unpaired) electrons. The molecule has 0 spiro atoms. The molecule has 0 aromatic carbocycles. The average molecular weight is 329 g/mol. The zero-order valence-corrected chi connectivity index (χ0v) is 14.3. The number of ether oxygens (including phenoxy) is 2. The summed E-state index contributed by atoms with van der Waals surface area (Å²) in [6.07, 6.45) is 1.39. The van der Waals surface area contributed by atoms with Crippen molar-refractivity contribution >= 4 is 18.0 Å². The summed E-state index contributed by atoms with van der Waals surface area (Å²) in [5, 5.41) is 8.87. The van der Waals surface area contributed by atoms with Gasteiger partial charge in [0.1, 0.15) is 18.8 Å². The highest BCUT2D eigenvalue weighted by atomic mass is 16.6. The number of nitrogens with zero attached hydrogens (tertiary/aromatic N) is 1. The molecule has 7 heteroatoms. The summed E-state index contributed by atoms with van der Waals surface area (Å²) in [6.45, 7) is 10.4. The molecule has 0 aromatic rings. The molecule has 1 amide bonds. The zero-order valence-electron chi connectivity index (χ0n) is 14.3. The van der Waals surface area contributed by atoms with Crippen LogP contribution in [-0.4, -0.2) is 53.3 Å². The zero-order chi connectivity index (χ0) is 18.0. The normalized spacial score (nSPS) is 12.2. The monoisotopic (exact) mass is 329 g/mol. The topological polar surface area (TPSA) is 93.1 Å². The molecule has 7 nitrogen and oxygen atoms in total. The van der Waals surface area contributed by atoms with Crippen LogP contribution in [0.2, 0.25) is 0 Å². The van der Waals surface area contributed by atoms with Crippen molar-refractivity contribution in [2.45, 2.75) is 46.1 Å². The molecular formula is C16H27NO6. The fourth-order valence-electron chi connectivity index (χ4n) is 1.81. The van der Waals surface area contributed by atoms with Crippen LogP contribution in [0, 0.1) is 5.92 Å². The van der Waals surface area contributed by atoms with Gasteiger partial charge < -0.3 is 14.6 Å². The molecule has 0 saturated heterocycles. The summed E-state index contributed by atoms with van der Waals surface area (Å²) in [4.78, 5) is 35.4. The summed E-state index contributed by atoms with van der Waals surface area (Å²) in [6, 6.07) is 0. The molecule has 0 heterocycles. The van der Waals surface area contributed by atoms with Gasteiger partial charge in [-0.3, -0.25) is 14.5 Å². The lowest BCUT2D eigenvalue weighted by Gasteiger charge is -2.24. The van der Waals surface area contributed by atoms with Gasteiger partial charge in [0.05, 0.1) is 0 Å². The van der Waals surface area contributed by atoms with Crippen molar-refractivity contribution in [3.05, 3.63) is 12.7 Å². The molecule has 0 aliphatic rings. The van der Waals surface area contributed by atoms with Gasteiger partial charge in [0.2, 0.25) is 0 Å². The first-order valence-electron chi connectivity index (χ1n) is 7.51. The molecule has 0 aliphatic carbocycles. The Morgan fingerprint density at radius 1 is 1.30 bits per heavy atom. The van der Waals surface area contributed by atoms with Gasteiger partial charge in [-0.15, -0.1) is 0 Å². The Balaban J connectivity index is 4.44. The quantitative estimate of drug-likeness (QED) is 0.516. The standard InChI is InChI=1S/C16H27NO6/c1-6-9-22-15(21)17(11-13(18)19)10-12(2)7-8-14(20)23-16(3,4)5/h6,12H,1,7-11H2,2-5H3,(H,18,19)/t12-/m0/s1. The van der Waals surface area contributed by atoms with Crippen LogP contribution in [0.25, 0.3) is 0 Å². The number of aliphatic carboxylic acids is 1. The maximum absolute atomic E-state index is 11.8. The molecule has 0 aromatic heterocycles. The van der Waals surface area contributed by atoms with Crippen LogP contribution in [0.4, 0.5) is 4.79 Å². The minimum atomic E-state index is -1.13. The van der Waals surface area contributed by atoms with Crippen molar-refractivity contribution in [3.63, 3.8) is 0 Å². The van der Waals surface area contributed by atoms with E-state index in [1.807, 2.05) is 6.92 Å². The Kier molecular flexibility index (Phi) is 8.98. The van der Waals surface area contributed by atoms with Crippen LogP contribution in [0.5, 0.6) is 0 Å². The van der Waals surface area contributed by atoms with Gasteiger partial charge in [0.25, 0.3) is 0 Å². The molecule has 0 rings (SSSR count). The molecule has 1 N–H and O–H groups in total. The molecule has 0 aliphatic heterocycles. The largest absolute Gasteiger partial charge is 0.480 e. The second kappa shape index (κ2) is 9.86. The predicted octanol–water partition coefficient (Wildman–Crippen LogP) is 2.45. The van der Waals surface area contributed by atoms with Crippen molar-refractivity contribution < 1.29 is 29.0 Å². The number of carboxylic acids is 1. The van der Waals surface area contributed by atoms with Crippen molar-refractivity contribution in [1.82, 2.24) is 4.90 Å². The van der Waals surface area contributed by atoms with E-state index in [2.05, 4.69) is 6.58 Å². The second-order valence-corrected chi connectivity index (χ2v) is 6.37. The van der Waals surface area contributed by atoms with Gasteiger partial charge in [-0.25, -0.2) is 4.79 Å². The van der Waals surface area contributed by atoms with E-state index in [1.165, 1.54) is 6.08 Å². The van der Waals surface area contributed by atoms with E-state index >= 15 is 0 Å². The minimum Gasteiger partial charge on any atom is -0.480 e. The molecule has 0 unspecified atom stereocenters. The van der Waals surface area contributed by atoms with Crippen LogP contribution >= 0.6 is 0 Å². The number of carbonyl (C=O) groups is 3. The molecule has 1 atom stereocenters. The number of hydrogen-bond donors (Lipinski definition) is 1. The number of carbonyl (C=O) groups excluding carboxylic acids is 2. The lowest BCUT2D eigenvalue weighted by molar-refractivity contribution is -0.155. The third-order valence-corrected chi connectivity index (χ3v) is 2.70. The van der Waals surface area contributed by atoms with Crippen LogP contribution in [0.15, 0.2) is 12.7 Å². The highest BCUT2D eigenvalue weighted by Gasteiger charge is 2.22. The first kappa shape index (κ1) is 20.9. The van der Waals surface area contributed by atoms with Gasteiger partial charge in [0, 0.05) is 13.0 Å². The molecule has 0 fully saturated rings. The first-order valence-corrected chi connectivity index (χ1v) is 7.51. The van der Waals surface area contributed by atoms with Gasteiger partial charge in [0.15, 0.2) is 0 Å². The van der Waals surface area contributed by atoms with E-state index < -0.39 is 24.2 Å². The highest BCUT2D eigenvalue weighted by molar-refractivity contribution is 5.76. The van der Waals surface area contributed by atoms with Crippen molar-refractivity contribution in [2.24, 2.45) is 5.92 Å². The van der Waals surface area contributed by atoms with E-state index in [1.54, 1.807) is 20.8 Å². The number of carboxylic acid groups (broad SMARTS) is 1. The van der Waals surface area contributed by atoms with Crippen molar-refractivity contribution in [1.29, 1.82) is 0 Å². The predicted molar refractivity (Wildman–Crippen MR) is 85.0 cm³/mol. The van der Waals surface area contributed by atoms with Crippen molar-refractivity contribution in [3.8, 4) is 0 Å². The molecule has 0 bridgehead atoms. The number of amides is 1. The SMILES string of the molecule is C=CCOC(=O)N(CC(=O)O)C[C@@H](C)CCC(=O)OC(C)(C)C. The van der Waals surface area contributed by atoms with E-state index in [0.717, 1.165) is 4.90 Å². The van der Waals surface area contributed by atoms with E-state index in [4.69, 9.17) is 14.6 Å². The summed E-state index contributed by atoms with van der Waals surface area (Å²) < 4.78 is 10.1. The Morgan fingerprint density at radius 3 is 2.39 bits per heavy atom. The third-order valence-electron chi connectivity index (χ3n) is 2.70. The Labute approximate surface area is 137 Å². The van der Waals surface area contributed by atoms with Gasteiger partial charge in [-0.2, -0.15) is 0 Å². The smallest absolute Gasteiger partial charge is 0.410 e. The summed E-state index contributed by atoms with van der Waals surface area (Å²) >= 11 is 0. The Morgan fingerprint density at radius 2 is 1.91 bits per heavy atom. The first-order chi connectivity index (χ1) is 10.5. The fourth-order valence-corrected chi connectivity index (χ4v) is 1.81. The van der Waals surface area contributed by atoms with Crippen LogP contribution in [0.3, 0.4) is 0 Å². The van der Waals surface area contributed by atoms with E-state index in [9.17, 15) is 14.4 Å². The van der Waals surface area contributed by atoms with Crippen molar-refractivity contribution in [2.75, 3.05) is 19.7 Å². The van der Waals surface area contributed by atoms with Crippen LogP contribution < -0.4 is 0 Å². The maximum atomic E-state index is 11.8. The molecule has 132 valence electrons. The Hall–Kier alpha value is -2.05. The molecule has 23 heavy (non-hydrogen) atoms. The van der Waals surface area contributed by atoms with Crippen LogP contribution in [-0.2, 0) is 19.1 Å². The number of esters is 1. The lowest BCUT2D eigenvalue weighted by atomic mass is 10.0. The minimum absolute atomic E-state index is 0.0151. The average Bonchev–Trinajstić information content (AvgIpc) is 2.39. The summed E-state index contributed by atoms with van der Waals surface area (Å²) in [7, 11) is 0. The summed E-state index contributed by atoms with van der Waals surface area (Å²) in [5.41, 5.74) is -0.538. The number of rotatable bonds is 9. The van der Waals surface area contributed by atoms with Gasteiger partial charge in [-0.05, 0) is 33.1 Å². The highest BCUT2D eigenvalue weighted by Crippen LogP contribution is 2.13. The second-order valence-electron chi connectivity index (χ2n) is 6.37. The van der Waals surface area contributed by atoms with Crippen LogP contribution in [0.1, 0.15) is 40.5 Å². The number of hydrogen-bond acceptors (Lipinski definition) is 5. The maximum Gasteiger partial charge on any atom is 0.410 e. The van der Waals surface area contributed by atoms with E-state index in [0.29, 0.717) is 6.42 Å². The lowest BCUT2D eigenvalue weighted by Crippen LogP contribution is -2.39. The fraction of sp³-hybridized carbons (Fsp3) is 0.688. The van der Waals surface area contributed by atoms with Gasteiger partial charge >= 0.3 is 18.0 Å². The Bertz CT molecular complexity index is 427. The van der Waals surface area contributed by atoms with Gasteiger partial charge in [-0.1, -0.05) is 19.6 Å².